The molecule has 0 aliphatic rings. The maximum Gasteiger partial charge on any atom is 0.338 e. The lowest BCUT2D eigenvalue weighted by molar-refractivity contribution is 0.0526. The number of hydrogen-bond acceptors (Lipinski definition) is 5. The average molecular weight is 397 g/mol. The zero-order valence-corrected chi connectivity index (χ0v) is 14.9. The van der Waals surface area contributed by atoms with Crippen molar-refractivity contribution in [1.29, 1.82) is 10.5 Å². The van der Waals surface area contributed by atoms with E-state index in [9.17, 15) is 4.79 Å². The third kappa shape index (κ3) is 4.94. The largest absolute Gasteiger partial charge is 0.462 e. The van der Waals surface area contributed by atoms with Gasteiger partial charge in [-0.15, -0.1) is 0 Å². The molecule has 0 saturated carbocycles. The van der Waals surface area contributed by atoms with E-state index in [1.807, 2.05) is 12.1 Å². The minimum Gasteiger partial charge on any atom is -0.462 e. The zero-order valence-electron chi connectivity index (χ0n) is 13.3. The smallest absolute Gasteiger partial charge is 0.338 e. The average Bonchev–Trinajstić information content (AvgIpc) is 2.62. The Hall–Kier alpha value is -3.09. The van der Waals surface area contributed by atoms with Gasteiger partial charge < -0.3 is 9.47 Å². The van der Waals surface area contributed by atoms with Crippen molar-refractivity contribution in [3.63, 3.8) is 0 Å². The molecule has 0 fully saturated rings. The van der Waals surface area contributed by atoms with Crippen LogP contribution in [0.5, 0.6) is 11.5 Å². The summed E-state index contributed by atoms with van der Waals surface area (Å²) in [5, 5.41) is 17.6. The fourth-order valence-corrected chi connectivity index (χ4v) is 2.42. The maximum absolute atomic E-state index is 11.6. The molecule has 0 atom stereocenters. The van der Waals surface area contributed by atoms with E-state index in [4.69, 9.17) is 20.0 Å². The molecule has 0 aliphatic heterocycles. The fraction of sp³-hybridized carbons (Fsp3) is 0.105. The Morgan fingerprint density at radius 3 is 2.32 bits per heavy atom. The van der Waals surface area contributed by atoms with E-state index in [0.717, 1.165) is 0 Å². The number of carbonyl (C=O) groups is 1. The van der Waals surface area contributed by atoms with Crippen molar-refractivity contribution in [2.45, 2.75) is 6.92 Å². The Balaban J connectivity index is 2.15. The van der Waals surface area contributed by atoms with Gasteiger partial charge in [0.25, 0.3) is 0 Å². The number of allylic oxidation sites excluding steroid dienone is 1. The lowest BCUT2D eigenvalue weighted by atomic mass is 10.1. The van der Waals surface area contributed by atoms with E-state index in [2.05, 4.69) is 15.9 Å². The summed E-state index contributed by atoms with van der Waals surface area (Å²) in [5.41, 5.74) is 1.17. The van der Waals surface area contributed by atoms with Gasteiger partial charge in [0.05, 0.1) is 12.2 Å². The standard InChI is InChI=1S/C19H13BrN2O3/c1-2-24-19(23)14-3-6-16(7-4-14)25-17-8-5-15(18(20)10-17)9-13(11-21)12-22/h3-10H,2H2,1H3. The number of esters is 1. The summed E-state index contributed by atoms with van der Waals surface area (Å²) in [6, 6.07) is 15.4. The van der Waals surface area contributed by atoms with Crippen LogP contribution in [0.3, 0.4) is 0 Å². The number of benzene rings is 2. The molecule has 124 valence electrons. The van der Waals surface area contributed by atoms with Gasteiger partial charge in [-0.3, -0.25) is 0 Å². The second-order valence-electron chi connectivity index (χ2n) is 4.81. The first-order valence-corrected chi connectivity index (χ1v) is 8.13. The molecule has 0 heterocycles. The molecule has 0 spiro atoms. The van der Waals surface area contributed by atoms with Crippen LogP contribution in [0, 0.1) is 22.7 Å². The molecule has 0 unspecified atom stereocenters. The summed E-state index contributed by atoms with van der Waals surface area (Å²) < 4.78 is 11.4. The van der Waals surface area contributed by atoms with Crippen LogP contribution in [-0.2, 0) is 4.74 Å². The third-order valence-corrected chi connectivity index (χ3v) is 3.80. The third-order valence-electron chi connectivity index (χ3n) is 3.11. The minimum atomic E-state index is -0.376. The summed E-state index contributed by atoms with van der Waals surface area (Å²) in [7, 11) is 0. The van der Waals surface area contributed by atoms with Gasteiger partial charge in [0.15, 0.2) is 0 Å². The van der Waals surface area contributed by atoms with Crippen molar-refractivity contribution in [3.05, 3.63) is 63.6 Å². The molecule has 6 heteroatoms. The molecular formula is C19H13BrN2O3. The summed E-state index contributed by atoms with van der Waals surface area (Å²) in [4.78, 5) is 11.6. The number of rotatable bonds is 5. The molecule has 0 saturated heterocycles. The number of ether oxygens (including phenoxy) is 2. The van der Waals surface area contributed by atoms with E-state index >= 15 is 0 Å². The highest BCUT2D eigenvalue weighted by atomic mass is 79.9. The van der Waals surface area contributed by atoms with Gasteiger partial charge >= 0.3 is 5.97 Å². The first-order chi connectivity index (χ1) is 12.1. The van der Waals surface area contributed by atoms with E-state index < -0.39 is 0 Å². The Morgan fingerprint density at radius 1 is 1.12 bits per heavy atom. The molecule has 0 amide bonds. The molecule has 0 aromatic heterocycles. The Bertz CT molecular complexity index is 874. The van der Waals surface area contributed by atoms with Crippen LogP contribution in [0.25, 0.3) is 6.08 Å². The Morgan fingerprint density at radius 2 is 1.76 bits per heavy atom. The summed E-state index contributed by atoms with van der Waals surface area (Å²) in [5.74, 6) is 0.764. The van der Waals surface area contributed by atoms with Crippen LogP contribution >= 0.6 is 15.9 Å². The van der Waals surface area contributed by atoms with Crippen LogP contribution in [0.2, 0.25) is 0 Å². The van der Waals surface area contributed by atoms with Crippen molar-refractivity contribution in [2.24, 2.45) is 0 Å². The van der Waals surface area contributed by atoms with Gasteiger partial charge in [0.2, 0.25) is 0 Å². The van der Waals surface area contributed by atoms with E-state index in [0.29, 0.717) is 33.7 Å². The molecule has 0 aliphatic carbocycles. The topological polar surface area (TPSA) is 83.1 Å². The maximum atomic E-state index is 11.6. The van der Waals surface area contributed by atoms with Gasteiger partial charge in [0, 0.05) is 4.47 Å². The van der Waals surface area contributed by atoms with Gasteiger partial charge in [0.1, 0.15) is 29.2 Å². The van der Waals surface area contributed by atoms with Crippen molar-refractivity contribution in [2.75, 3.05) is 6.61 Å². The van der Waals surface area contributed by atoms with Crippen molar-refractivity contribution >= 4 is 28.0 Å². The number of halogens is 1. The van der Waals surface area contributed by atoms with Crippen molar-refractivity contribution < 1.29 is 14.3 Å². The highest BCUT2D eigenvalue weighted by Crippen LogP contribution is 2.28. The number of nitrogens with zero attached hydrogens (tertiary/aromatic N) is 2. The molecule has 2 aromatic rings. The lowest BCUT2D eigenvalue weighted by Crippen LogP contribution is -2.03. The monoisotopic (exact) mass is 396 g/mol. The first kappa shape index (κ1) is 18.3. The highest BCUT2D eigenvalue weighted by Gasteiger charge is 2.07. The quantitative estimate of drug-likeness (QED) is 0.532. The number of nitriles is 2. The zero-order chi connectivity index (χ0) is 18.2. The van der Waals surface area contributed by atoms with Crippen molar-refractivity contribution in [1.82, 2.24) is 0 Å². The Labute approximate surface area is 153 Å². The van der Waals surface area contributed by atoms with Crippen LogP contribution < -0.4 is 4.74 Å². The first-order valence-electron chi connectivity index (χ1n) is 7.34. The molecule has 25 heavy (non-hydrogen) atoms. The molecular weight excluding hydrogens is 384 g/mol. The molecule has 5 nitrogen and oxygen atoms in total. The summed E-state index contributed by atoms with van der Waals surface area (Å²) in [6.07, 6.45) is 1.49. The highest BCUT2D eigenvalue weighted by molar-refractivity contribution is 9.10. The molecule has 0 bridgehead atoms. The van der Waals surface area contributed by atoms with Gasteiger partial charge in [-0.25, -0.2) is 4.79 Å². The van der Waals surface area contributed by atoms with Crippen LogP contribution in [-0.4, -0.2) is 12.6 Å². The SMILES string of the molecule is CCOC(=O)c1ccc(Oc2ccc(C=C(C#N)C#N)c(Br)c2)cc1. The van der Waals surface area contributed by atoms with E-state index in [-0.39, 0.29) is 11.5 Å². The van der Waals surface area contributed by atoms with Gasteiger partial charge in [-0.2, -0.15) is 10.5 Å². The van der Waals surface area contributed by atoms with E-state index in [1.54, 1.807) is 49.4 Å². The lowest BCUT2D eigenvalue weighted by Gasteiger charge is -2.08. The van der Waals surface area contributed by atoms with Crippen molar-refractivity contribution in [3.8, 4) is 23.6 Å². The van der Waals surface area contributed by atoms with Crippen LogP contribution in [0.15, 0.2) is 52.5 Å². The Kier molecular flexibility index (Phi) is 6.33. The minimum absolute atomic E-state index is 0.0175. The second kappa shape index (κ2) is 8.68. The van der Waals surface area contributed by atoms with E-state index in [1.165, 1.54) is 6.08 Å². The van der Waals surface area contributed by atoms with Gasteiger partial charge in [-0.05, 0) is 55.0 Å². The molecule has 0 N–H and O–H groups in total. The molecule has 2 aromatic carbocycles. The second-order valence-corrected chi connectivity index (χ2v) is 5.67. The predicted molar refractivity (Wildman–Crippen MR) is 95.8 cm³/mol. The number of hydrogen-bond donors (Lipinski definition) is 0. The van der Waals surface area contributed by atoms with Gasteiger partial charge in [-0.1, -0.05) is 22.0 Å². The molecule has 0 radical (unpaired) electrons. The molecule has 2 rings (SSSR count). The fourth-order valence-electron chi connectivity index (χ4n) is 1.94. The van der Waals surface area contributed by atoms with Crippen LogP contribution in [0.4, 0.5) is 0 Å². The number of carbonyl (C=O) groups excluding carboxylic acids is 1. The normalized spacial score (nSPS) is 9.44. The summed E-state index contributed by atoms with van der Waals surface area (Å²) in [6.45, 7) is 2.08. The predicted octanol–water partition coefficient (Wildman–Crippen LogP) is 4.85. The van der Waals surface area contributed by atoms with Crippen LogP contribution in [0.1, 0.15) is 22.8 Å². The summed E-state index contributed by atoms with van der Waals surface area (Å²) >= 11 is 3.39.